The third-order valence-electron chi connectivity index (χ3n) is 6.40. The summed E-state index contributed by atoms with van der Waals surface area (Å²) in [6.07, 6.45) is 8.55. The Morgan fingerprint density at radius 3 is 2.41 bits per heavy atom. The fourth-order valence-corrected chi connectivity index (χ4v) is 5.07. The van der Waals surface area contributed by atoms with E-state index in [1.807, 2.05) is 31.2 Å². The summed E-state index contributed by atoms with van der Waals surface area (Å²) in [5.41, 5.74) is 3.22. The number of hydrogen-bond acceptors (Lipinski definition) is 4. The standard InChI is InChI=1S/C24H28ClNO3/c1-15-21(24(28)29-18-7-4-2-3-5-8-18)22(16-11-13-17(25)14-12-16)23-19(26-15)9-6-10-20(23)27/h11-14,18,21-22H,2-10H2,1H3/t21?,22-/m0/s1. The van der Waals surface area contributed by atoms with Crippen LogP contribution < -0.4 is 0 Å². The molecule has 5 heteroatoms. The molecule has 29 heavy (non-hydrogen) atoms. The van der Waals surface area contributed by atoms with Crippen LogP contribution in [0.5, 0.6) is 0 Å². The van der Waals surface area contributed by atoms with Crippen LogP contribution in [0.25, 0.3) is 0 Å². The largest absolute Gasteiger partial charge is 0.462 e. The first-order chi connectivity index (χ1) is 14.0. The molecule has 0 saturated heterocycles. The number of carbonyl (C=O) groups is 2. The van der Waals surface area contributed by atoms with Gasteiger partial charge in [-0.2, -0.15) is 0 Å². The molecule has 0 bridgehead atoms. The zero-order valence-electron chi connectivity index (χ0n) is 17.0. The molecule has 3 aliphatic rings. The van der Waals surface area contributed by atoms with Crippen LogP contribution in [0.1, 0.15) is 76.2 Å². The highest BCUT2D eigenvalue weighted by Gasteiger charge is 2.43. The van der Waals surface area contributed by atoms with Crippen molar-refractivity contribution in [3.63, 3.8) is 0 Å². The lowest BCUT2D eigenvalue weighted by Gasteiger charge is -2.35. The van der Waals surface area contributed by atoms with E-state index in [0.717, 1.165) is 55.5 Å². The zero-order chi connectivity index (χ0) is 20.4. The number of rotatable bonds is 3. The van der Waals surface area contributed by atoms with Crippen molar-refractivity contribution >= 4 is 29.1 Å². The van der Waals surface area contributed by atoms with Gasteiger partial charge in [0.05, 0.1) is 0 Å². The summed E-state index contributed by atoms with van der Waals surface area (Å²) in [6, 6.07) is 7.48. The minimum Gasteiger partial charge on any atom is -0.462 e. The number of halogens is 1. The summed E-state index contributed by atoms with van der Waals surface area (Å²) in [6.45, 7) is 1.89. The number of Topliss-reactive ketones (excluding diaryl/α,β-unsaturated/α-hetero) is 1. The quantitative estimate of drug-likeness (QED) is 0.465. The Morgan fingerprint density at radius 1 is 1.03 bits per heavy atom. The maximum absolute atomic E-state index is 13.4. The molecule has 0 N–H and O–H groups in total. The van der Waals surface area contributed by atoms with E-state index in [4.69, 9.17) is 21.3 Å². The van der Waals surface area contributed by atoms with Crippen molar-refractivity contribution in [2.75, 3.05) is 0 Å². The third-order valence-corrected chi connectivity index (χ3v) is 6.65. The molecule has 4 nitrogen and oxygen atoms in total. The van der Waals surface area contributed by atoms with Crippen LogP contribution in [0.15, 0.2) is 40.5 Å². The maximum atomic E-state index is 13.4. The zero-order valence-corrected chi connectivity index (χ0v) is 17.7. The highest BCUT2D eigenvalue weighted by atomic mass is 35.5. The summed E-state index contributed by atoms with van der Waals surface area (Å²) in [5, 5.41) is 0.636. The Bertz CT molecular complexity index is 847. The molecule has 1 aliphatic heterocycles. The van der Waals surface area contributed by atoms with Gasteiger partial charge in [-0.1, -0.05) is 36.6 Å². The average molecular weight is 414 g/mol. The van der Waals surface area contributed by atoms with Gasteiger partial charge in [-0.15, -0.1) is 0 Å². The predicted octanol–water partition coefficient (Wildman–Crippen LogP) is 5.79. The monoisotopic (exact) mass is 413 g/mol. The Morgan fingerprint density at radius 2 is 1.72 bits per heavy atom. The van der Waals surface area contributed by atoms with Gasteiger partial charge < -0.3 is 4.74 Å². The first kappa shape index (κ1) is 20.3. The van der Waals surface area contributed by atoms with Crippen LogP contribution >= 0.6 is 11.6 Å². The van der Waals surface area contributed by atoms with Crippen LogP contribution in [0.4, 0.5) is 0 Å². The summed E-state index contributed by atoms with van der Waals surface area (Å²) < 4.78 is 5.99. The summed E-state index contributed by atoms with van der Waals surface area (Å²) in [7, 11) is 0. The molecule has 1 heterocycles. The molecule has 0 amide bonds. The Kier molecular flexibility index (Phi) is 6.19. The minimum absolute atomic E-state index is 0.0268. The second-order valence-electron chi connectivity index (χ2n) is 8.45. The highest BCUT2D eigenvalue weighted by molar-refractivity contribution is 6.30. The van der Waals surface area contributed by atoms with Gasteiger partial charge in [0, 0.05) is 34.3 Å². The van der Waals surface area contributed by atoms with E-state index in [0.29, 0.717) is 17.0 Å². The molecule has 1 aromatic carbocycles. The van der Waals surface area contributed by atoms with Gasteiger partial charge in [-0.05, 0) is 63.1 Å². The van der Waals surface area contributed by atoms with Crippen LogP contribution in [0, 0.1) is 5.92 Å². The summed E-state index contributed by atoms with van der Waals surface area (Å²) in [5.74, 6) is -1.04. The number of aliphatic imine (C=N–C) groups is 1. The van der Waals surface area contributed by atoms with Gasteiger partial charge in [0.1, 0.15) is 12.0 Å². The topological polar surface area (TPSA) is 55.7 Å². The first-order valence-corrected chi connectivity index (χ1v) is 11.2. The molecule has 2 aliphatic carbocycles. The third kappa shape index (κ3) is 4.32. The van der Waals surface area contributed by atoms with Crippen LogP contribution in [0.2, 0.25) is 5.02 Å². The number of ketones is 1. The van der Waals surface area contributed by atoms with E-state index >= 15 is 0 Å². The molecule has 1 unspecified atom stereocenters. The van der Waals surface area contributed by atoms with Gasteiger partial charge in [-0.25, -0.2) is 0 Å². The molecule has 4 rings (SSSR count). The van der Waals surface area contributed by atoms with Gasteiger partial charge >= 0.3 is 5.97 Å². The second-order valence-corrected chi connectivity index (χ2v) is 8.88. The van der Waals surface area contributed by atoms with E-state index < -0.39 is 5.92 Å². The number of allylic oxidation sites excluding steroid dienone is 2. The fraction of sp³-hybridized carbons (Fsp3) is 0.542. The first-order valence-electron chi connectivity index (χ1n) is 10.8. The Balaban J connectivity index is 1.69. The van der Waals surface area contributed by atoms with E-state index in [1.54, 1.807) is 0 Å². The number of hydrogen-bond donors (Lipinski definition) is 0. The molecule has 1 saturated carbocycles. The molecule has 0 spiro atoms. The maximum Gasteiger partial charge on any atom is 0.315 e. The smallest absolute Gasteiger partial charge is 0.315 e. The molecule has 1 fully saturated rings. The highest BCUT2D eigenvalue weighted by Crippen LogP contribution is 2.44. The Hall–Kier alpha value is -1.94. The van der Waals surface area contributed by atoms with Crippen LogP contribution in [-0.4, -0.2) is 23.6 Å². The van der Waals surface area contributed by atoms with Crippen LogP contribution in [0.3, 0.4) is 0 Å². The van der Waals surface area contributed by atoms with Crippen LogP contribution in [-0.2, 0) is 14.3 Å². The van der Waals surface area contributed by atoms with E-state index in [1.165, 1.54) is 12.8 Å². The molecule has 0 radical (unpaired) electrons. The molecule has 2 atom stereocenters. The number of carbonyl (C=O) groups excluding carboxylic acids is 2. The lowest BCUT2D eigenvalue weighted by atomic mass is 9.72. The van der Waals surface area contributed by atoms with Gasteiger partial charge in [-0.3, -0.25) is 14.6 Å². The van der Waals surface area contributed by atoms with Crippen molar-refractivity contribution in [1.29, 1.82) is 0 Å². The van der Waals surface area contributed by atoms with E-state index in [2.05, 4.69) is 0 Å². The van der Waals surface area contributed by atoms with Gasteiger partial charge in [0.15, 0.2) is 5.78 Å². The van der Waals surface area contributed by atoms with Crippen molar-refractivity contribution in [2.24, 2.45) is 10.9 Å². The van der Waals surface area contributed by atoms with Gasteiger partial charge in [0.25, 0.3) is 0 Å². The normalized spacial score (nSPS) is 25.9. The SMILES string of the molecule is CC1=NC2=C(C(=O)CCC2)[C@@H](c2ccc(Cl)cc2)C1C(=O)OC1CCCCCC1. The minimum atomic E-state index is -0.555. The second kappa shape index (κ2) is 8.83. The predicted molar refractivity (Wildman–Crippen MR) is 114 cm³/mol. The van der Waals surface area contributed by atoms with E-state index in [-0.39, 0.29) is 23.8 Å². The van der Waals surface area contributed by atoms with Crippen molar-refractivity contribution < 1.29 is 14.3 Å². The number of benzene rings is 1. The van der Waals surface area contributed by atoms with Crippen molar-refractivity contribution in [2.45, 2.75) is 76.7 Å². The van der Waals surface area contributed by atoms with Crippen molar-refractivity contribution in [1.82, 2.24) is 0 Å². The van der Waals surface area contributed by atoms with Crippen molar-refractivity contribution in [3.05, 3.63) is 46.1 Å². The number of ether oxygens (including phenoxy) is 1. The lowest BCUT2D eigenvalue weighted by Crippen LogP contribution is -2.38. The molecule has 154 valence electrons. The van der Waals surface area contributed by atoms with E-state index in [9.17, 15) is 9.59 Å². The summed E-state index contributed by atoms with van der Waals surface area (Å²) >= 11 is 6.09. The van der Waals surface area contributed by atoms with Crippen molar-refractivity contribution in [3.8, 4) is 0 Å². The van der Waals surface area contributed by atoms with Gasteiger partial charge in [0.2, 0.25) is 0 Å². The summed E-state index contributed by atoms with van der Waals surface area (Å²) in [4.78, 5) is 31.0. The lowest BCUT2D eigenvalue weighted by molar-refractivity contribution is -0.152. The average Bonchev–Trinajstić information content (AvgIpc) is 2.96. The fourth-order valence-electron chi connectivity index (χ4n) is 4.94. The molecule has 1 aromatic rings. The number of nitrogens with zero attached hydrogens (tertiary/aromatic N) is 1. The number of esters is 1. The molecular formula is C24H28ClNO3. The molecule has 0 aromatic heterocycles. The molecular weight excluding hydrogens is 386 g/mol. The Labute approximate surface area is 177 Å².